The predicted molar refractivity (Wildman–Crippen MR) is 85.6 cm³/mol. The number of benzene rings is 1. The lowest BCUT2D eigenvalue weighted by Gasteiger charge is -2.13. The van der Waals surface area contributed by atoms with Crippen LogP contribution in [0.15, 0.2) is 40.3 Å². The Kier molecular flexibility index (Phi) is 5.74. The van der Waals surface area contributed by atoms with Crippen molar-refractivity contribution in [2.24, 2.45) is 0 Å². The van der Waals surface area contributed by atoms with E-state index in [-0.39, 0.29) is 11.4 Å². The van der Waals surface area contributed by atoms with Crippen LogP contribution in [0.2, 0.25) is 0 Å². The molecule has 0 amide bonds. The van der Waals surface area contributed by atoms with Crippen molar-refractivity contribution in [1.82, 2.24) is 0 Å². The lowest BCUT2D eigenvalue weighted by atomic mass is 10.0. The summed E-state index contributed by atoms with van der Waals surface area (Å²) in [5.41, 5.74) is 1.89. The van der Waals surface area contributed by atoms with Gasteiger partial charge in [-0.05, 0) is 42.7 Å². The number of ether oxygens (including phenoxy) is 2. The van der Waals surface area contributed by atoms with E-state index in [1.807, 2.05) is 24.3 Å². The second-order valence-corrected chi connectivity index (χ2v) is 6.17. The molecule has 1 aliphatic rings. The maximum absolute atomic E-state index is 12.0. The molecule has 0 saturated heterocycles. The molecule has 1 aromatic rings. The van der Waals surface area contributed by atoms with Crippen LogP contribution in [0.3, 0.4) is 0 Å². The first-order valence-electron chi connectivity index (χ1n) is 7.43. The molecular weight excluding hydrogens is 284 g/mol. The van der Waals surface area contributed by atoms with Crippen molar-refractivity contribution in [3.8, 4) is 5.75 Å². The SMILES string of the molecule is CCCC1=C(CCC)C(Sc2ccc(OC)cc2)OC1=O. The molecule has 1 aliphatic heterocycles. The van der Waals surface area contributed by atoms with Crippen LogP contribution < -0.4 is 4.74 Å². The van der Waals surface area contributed by atoms with Crippen molar-refractivity contribution in [1.29, 1.82) is 0 Å². The summed E-state index contributed by atoms with van der Waals surface area (Å²) in [6.45, 7) is 4.22. The van der Waals surface area contributed by atoms with Crippen molar-refractivity contribution in [2.75, 3.05) is 7.11 Å². The fourth-order valence-corrected chi connectivity index (χ4v) is 3.51. The Morgan fingerprint density at radius 1 is 1.14 bits per heavy atom. The average Bonchev–Trinajstić information content (AvgIpc) is 2.77. The van der Waals surface area contributed by atoms with Crippen LogP contribution in [0.4, 0.5) is 0 Å². The molecule has 0 spiro atoms. The van der Waals surface area contributed by atoms with Crippen LogP contribution in [0, 0.1) is 0 Å². The van der Waals surface area contributed by atoms with Crippen LogP contribution >= 0.6 is 11.8 Å². The van der Waals surface area contributed by atoms with Gasteiger partial charge in [0.15, 0.2) is 5.44 Å². The van der Waals surface area contributed by atoms with Gasteiger partial charge in [0.2, 0.25) is 0 Å². The number of rotatable bonds is 7. The maximum atomic E-state index is 12.0. The van der Waals surface area contributed by atoms with Crippen LogP contribution in [-0.4, -0.2) is 18.5 Å². The number of hydrogen-bond donors (Lipinski definition) is 0. The fourth-order valence-electron chi connectivity index (χ4n) is 2.44. The second kappa shape index (κ2) is 7.55. The van der Waals surface area contributed by atoms with Gasteiger partial charge in [0.05, 0.1) is 7.11 Å². The Hall–Kier alpha value is -1.42. The number of hydrogen-bond acceptors (Lipinski definition) is 4. The Morgan fingerprint density at radius 3 is 2.38 bits per heavy atom. The van der Waals surface area contributed by atoms with Crippen molar-refractivity contribution >= 4 is 17.7 Å². The Morgan fingerprint density at radius 2 is 1.81 bits per heavy atom. The molecule has 3 nitrogen and oxygen atoms in total. The first kappa shape index (κ1) is 16.0. The summed E-state index contributed by atoms with van der Waals surface area (Å²) in [7, 11) is 1.65. The summed E-state index contributed by atoms with van der Waals surface area (Å²) < 4.78 is 10.7. The van der Waals surface area contributed by atoms with Crippen molar-refractivity contribution in [3.63, 3.8) is 0 Å². The molecule has 21 heavy (non-hydrogen) atoms. The Balaban J connectivity index is 2.16. The van der Waals surface area contributed by atoms with Crippen LogP contribution in [0.25, 0.3) is 0 Å². The average molecular weight is 306 g/mol. The monoisotopic (exact) mass is 306 g/mol. The van der Waals surface area contributed by atoms with Gasteiger partial charge in [0, 0.05) is 10.5 Å². The molecular formula is C17H22O3S. The third-order valence-corrected chi connectivity index (χ3v) is 4.59. The zero-order valence-corrected chi connectivity index (χ0v) is 13.7. The van der Waals surface area contributed by atoms with Gasteiger partial charge in [0.25, 0.3) is 0 Å². The van der Waals surface area contributed by atoms with Gasteiger partial charge in [-0.2, -0.15) is 0 Å². The zero-order valence-electron chi connectivity index (χ0n) is 12.8. The van der Waals surface area contributed by atoms with Gasteiger partial charge in [0.1, 0.15) is 5.75 Å². The summed E-state index contributed by atoms with van der Waals surface area (Å²) in [5.74, 6) is 0.699. The van der Waals surface area contributed by atoms with E-state index < -0.39 is 0 Å². The minimum absolute atomic E-state index is 0.133. The van der Waals surface area contributed by atoms with Gasteiger partial charge in [-0.15, -0.1) is 0 Å². The van der Waals surface area contributed by atoms with E-state index in [0.29, 0.717) is 0 Å². The molecule has 0 saturated carbocycles. The second-order valence-electron chi connectivity index (χ2n) is 5.03. The van der Waals surface area contributed by atoms with Crippen molar-refractivity contribution in [3.05, 3.63) is 35.4 Å². The number of methoxy groups -OCH3 is 1. The van der Waals surface area contributed by atoms with Gasteiger partial charge in [-0.25, -0.2) is 4.79 Å². The molecule has 1 atom stereocenters. The highest BCUT2D eigenvalue weighted by Crippen LogP contribution is 2.39. The number of thioether (sulfide) groups is 1. The van der Waals surface area contributed by atoms with E-state index in [1.165, 1.54) is 5.57 Å². The fraction of sp³-hybridized carbons (Fsp3) is 0.471. The van der Waals surface area contributed by atoms with Gasteiger partial charge >= 0.3 is 5.97 Å². The van der Waals surface area contributed by atoms with Crippen molar-refractivity contribution < 1.29 is 14.3 Å². The zero-order chi connectivity index (χ0) is 15.2. The molecule has 114 valence electrons. The van der Waals surface area contributed by atoms with E-state index >= 15 is 0 Å². The lowest BCUT2D eigenvalue weighted by molar-refractivity contribution is -0.137. The Labute approximate surface area is 130 Å². The molecule has 1 heterocycles. The minimum atomic E-state index is -0.174. The molecule has 2 rings (SSSR count). The highest BCUT2D eigenvalue weighted by atomic mass is 32.2. The molecule has 0 N–H and O–H groups in total. The van der Waals surface area contributed by atoms with Gasteiger partial charge in [-0.1, -0.05) is 38.5 Å². The summed E-state index contributed by atoms with van der Waals surface area (Å²) in [6.07, 6.45) is 3.74. The minimum Gasteiger partial charge on any atom is -0.497 e. The largest absolute Gasteiger partial charge is 0.497 e. The maximum Gasteiger partial charge on any atom is 0.335 e. The molecule has 1 aromatic carbocycles. The lowest BCUT2D eigenvalue weighted by Crippen LogP contribution is -2.07. The molecule has 0 fully saturated rings. The summed E-state index contributed by atoms with van der Waals surface area (Å²) >= 11 is 1.60. The molecule has 0 bridgehead atoms. The quantitative estimate of drug-likeness (QED) is 0.691. The third kappa shape index (κ3) is 3.82. The van der Waals surface area contributed by atoms with Crippen LogP contribution in [-0.2, 0) is 9.53 Å². The van der Waals surface area contributed by atoms with Crippen LogP contribution in [0.1, 0.15) is 39.5 Å². The van der Waals surface area contributed by atoms with Crippen molar-refractivity contribution in [2.45, 2.75) is 49.9 Å². The van der Waals surface area contributed by atoms with E-state index in [1.54, 1.807) is 18.9 Å². The van der Waals surface area contributed by atoms with E-state index in [2.05, 4.69) is 13.8 Å². The topological polar surface area (TPSA) is 35.5 Å². The normalized spacial score (nSPS) is 18.0. The highest BCUT2D eigenvalue weighted by Gasteiger charge is 2.33. The first-order chi connectivity index (χ1) is 10.2. The number of cyclic esters (lactones) is 1. The summed E-state index contributed by atoms with van der Waals surface area (Å²) in [6, 6.07) is 7.85. The molecule has 0 aliphatic carbocycles. The number of esters is 1. The third-order valence-electron chi connectivity index (χ3n) is 3.45. The summed E-state index contributed by atoms with van der Waals surface area (Å²) in [5, 5.41) is 0. The van der Waals surface area contributed by atoms with E-state index in [0.717, 1.165) is 41.9 Å². The molecule has 1 unspecified atom stereocenters. The van der Waals surface area contributed by atoms with Gasteiger partial charge < -0.3 is 9.47 Å². The van der Waals surface area contributed by atoms with E-state index in [9.17, 15) is 4.79 Å². The first-order valence-corrected chi connectivity index (χ1v) is 8.31. The van der Waals surface area contributed by atoms with Gasteiger partial charge in [-0.3, -0.25) is 0 Å². The number of carbonyl (C=O) groups is 1. The smallest absolute Gasteiger partial charge is 0.335 e. The standard InChI is InChI=1S/C17H22O3S/c1-4-6-14-15(7-5-2)17(20-16(14)18)21-13-10-8-12(19-3)9-11-13/h8-11,17H,4-7H2,1-3H3. The molecule has 0 aromatic heterocycles. The number of carbonyl (C=O) groups excluding carboxylic acids is 1. The van der Waals surface area contributed by atoms with Crippen LogP contribution in [0.5, 0.6) is 5.75 Å². The summed E-state index contributed by atoms with van der Waals surface area (Å²) in [4.78, 5) is 13.1. The predicted octanol–water partition coefficient (Wildman–Crippen LogP) is 4.57. The highest BCUT2D eigenvalue weighted by molar-refractivity contribution is 8.00. The molecule has 4 heteroatoms. The Bertz CT molecular complexity index is 519. The van der Waals surface area contributed by atoms with E-state index in [4.69, 9.17) is 9.47 Å². The molecule has 0 radical (unpaired) electrons.